The van der Waals surface area contributed by atoms with Gasteiger partial charge in [0.05, 0.1) is 6.61 Å². The van der Waals surface area contributed by atoms with Gasteiger partial charge in [-0.1, -0.05) is 109 Å². The summed E-state index contributed by atoms with van der Waals surface area (Å²) in [7, 11) is 0. The smallest absolute Gasteiger partial charge is 0.328 e. The third-order valence-electron chi connectivity index (χ3n) is 10.2. The molecular weight excluding hydrogens is 825 g/mol. The van der Waals surface area contributed by atoms with Gasteiger partial charge in [0, 0.05) is 36.6 Å². The molecule has 6 amide bonds. The normalized spacial score (nSPS) is 15.4. The SMILES string of the molecule is C[C@H](NC(=O)[C@@H](Cc1ccccc1)NC(=O)[C@H](Cc1ccc(-c2ccccc2)cc1)NC(=O)[C@@H](CC1CC=CS1)NC(=O)CCC(=O)Nc1ccccc1)C(=O)N[C@@H](CO)C(=O)O. The van der Waals surface area contributed by atoms with Crippen molar-refractivity contribution in [2.45, 2.75) is 80.9 Å². The highest BCUT2D eigenvalue weighted by Gasteiger charge is 2.33. The predicted octanol–water partition coefficient (Wildman–Crippen LogP) is 3.49. The fraction of sp³-hybridized carbons (Fsp3) is 0.298. The Morgan fingerprint density at radius 2 is 1.10 bits per heavy atom. The predicted molar refractivity (Wildman–Crippen MR) is 240 cm³/mol. The highest BCUT2D eigenvalue weighted by molar-refractivity contribution is 8.03. The number of rotatable bonds is 22. The van der Waals surface area contributed by atoms with Crippen molar-refractivity contribution in [1.82, 2.24) is 26.6 Å². The number of hydrogen-bond acceptors (Lipinski definition) is 9. The van der Waals surface area contributed by atoms with Crippen LogP contribution in [0.15, 0.2) is 127 Å². The average molecular weight is 877 g/mol. The first kappa shape index (κ1) is 47.3. The van der Waals surface area contributed by atoms with E-state index in [1.807, 2.05) is 72.1 Å². The molecule has 5 rings (SSSR count). The van der Waals surface area contributed by atoms with Crippen LogP contribution in [-0.2, 0) is 46.4 Å². The number of carboxylic acid groups (broad SMARTS) is 1. The van der Waals surface area contributed by atoms with Crippen LogP contribution in [0.1, 0.15) is 43.7 Å². The lowest BCUT2D eigenvalue weighted by Gasteiger charge is -2.27. The lowest BCUT2D eigenvalue weighted by Crippen LogP contribution is -2.59. The molecule has 0 spiro atoms. The number of para-hydroxylation sites is 1. The maximum atomic E-state index is 14.4. The van der Waals surface area contributed by atoms with Crippen molar-refractivity contribution in [2.24, 2.45) is 0 Å². The van der Waals surface area contributed by atoms with Crippen molar-refractivity contribution >= 4 is 58.9 Å². The molecule has 6 atom stereocenters. The summed E-state index contributed by atoms with van der Waals surface area (Å²) in [4.78, 5) is 92.7. The number of thioether (sulfide) groups is 1. The molecule has 1 heterocycles. The van der Waals surface area contributed by atoms with E-state index in [0.717, 1.165) is 11.1 Å². The molecule has 1 aliphatic heterocycles. The minimum Gasteiger partial charge on any atom is -0.480 e. The van der Waals surface area contributed by atoms with Gasteiger partial charge in [-0.15, -0.1) is 11.8 Å². The number of carbonyl (C=O) groups excluding carboxylic acids is 6. The molecule has 4 aromatic rings. The van der Waals surface area contributed by atoms with Crippen LogP contribution in [0, 0.1) is 0 Å². The van der Waals surface area contributed by atoms with Gasteiger partial charge in [0.2, 0.25) is 35.4 Å². The van der Waals surface area contributed by atoms with E-state index in [9.17, 15) is 43.8 Å². The Morgan fingerprint density at radius 1 is 0.587 bits per heavy atom. The van der Waals surface area contributed by atoms with Crippen molar-refractivity contribution in [3.8, 4) is 11.1 Å². The Kier molecular flexibility index (Phi) is 18.0. The van der Waals surface area contributed by atoms with E-state index in [2.05, 4.69) is 31.9 Å². The lowest BCUT2D eigenvalue weighted by molar-refractivity contribution is -0.143. The van der Waals surface area contributed by atoms with Crippen LogP contribution in [0.3, 0.4) is 0 Å². The molecule has 330 valence electrons. The zero-order chi connectivity index (χ0) is 45.1. The largest absolute Gasteiger partial charge is 0.480 e. The topological polar surface area (TPSA) is 232 Å². The summed E-state index contributed by atoms with van der Waals surface area (Å²) in [6, 6.07) is 28.3. The van der Waals surface area contributed by atoms with Crippen molar-refractivity contribution in [3.63, 3.8) is 0 Å². The molecule has 0 saturated carbocycles. The van der Waals surface area contributed by atoms with Gasteiger partial charge in [0.15, 0.2) is 0 Å². The first-order valence-electron chi connectivity index (χ1n) is 20.6. The van der Waals surface area contributed by atoms with Crippen LogP contribution >= 0.6 is 11.8 Å². The summed E-state index contributed by atoms with van der Waals surface area (Å²) in [5, 5.41) is 36.4. The highest BCUT2D eigenvalue weighted by Crippen LogP contribution is 2.28. The van der Waals surface area contributed by atoms with Gasteiger partial charge in [-0.3, -0.25) is 28.8 Å². The first-order valence-corrected chi connectivity index (χ1v) is 21.5. The Balaban J connectivity index is 1.37. The number of benzene rings is 4. The van der Waals surface area contributed by atoms with Gasteiger partial charge in [0.25, 0.3) is 0 Å². The van der Waals surface area contributed by atoms with Crippen LogP contribution in [0.2, 0.25) is 0 Å². The number of anilines is 1. The molecule has 0 radical (unpaired) electrons. The third-order valence-corrected chi connectivity index (χ3v) is 11.3. The Labute approximate surface area is 369 Å². The summed E-state index contributed by atoms with van der Waals surface area (Å²) < 4.78 is 0. The molecule has 4 aromatic carbocycles. The number of aliphatic carboxylic acids is 1. The second kappa shape index (κ2) is 24.0. The lowest BCUT2D eigenvalue weighted by atomic mass is 9.99. The minimum atomic E-state index is -1.60. The van der Waals surface area contributed by atoms with Crippen molar-refractivity contribution in [3.05, 3.63) is 138 Å². The molecular formula is C47H52N6O9S. The van der Waals surface area contributed by atoms with Crippen molar-refractivity contribution in [2.75, 3.05) is 11.9 Å². The van der Waals surface area contributed by atoms with Gasteiger partial charge >= 0.3 is 5.97 Å². The quantitative estimate of drug-likeness (QED) is 0.0573. The van der Waals surface area contributed by atoms with Gasteiger partial charge in [0.1, 0.15) is 30.2 Å². The maximum Gasteiger partial charge on any atom is 0.328 e. The number of nitrogens with one attached hydrogen (secondary N) is 6. The number of amides is 6. The molecule has 16 heteroatoms. The number of carboxylic acids is 1. The van der Waals surface area contributed by atoms with Gasteiger partial charge in [-0.2, -0.15) is 0 Å². The Morgan fingerprint density at radius 3 is 1.67 bits per heavy atom. The van der Waals surface area contributed by atoms with E-state index in [-0.39, 0.29) is 43.3 Å². The highest BCUT2D eigenvalue weighted by atomic mass is 32.2. The van der Waals surface area contributed by atoms with E-state index in [0.29, 0.717) is 23.2 Å². The van der Waals surface area contributed by atoms with Crippen LogP contribution in [0.25, 0.3) is 11.1 Å². The number of allylic oxidation sites excluding steroid dienone is 1. The van der Waals surface area contributed by atoms with E-state index in [1.165, 1.54) is 18.7 Å². The standard InChI is InChI=1S/C47H52N6O9S/c1-30(43(57)53-40(29-54)47(61)62)48-44(58)37(26-31-12-5-2-6-13-31)51-45(59)38(27-32-19-21-34(22-20-32)33-14-7-3-8-15-33)52-46(60)39(28-36-18-11-25-63-36)50-42(56)24-23-41(55)49-35-16-9-4-10-17-35/h2-17,19-22,25,30,36-40,54H,18,23-24,26-29H2,1H3,(H,48,58)(H,49,55)(H,50,56)(H,51,59)(H,52,60)(H,53,57)(H,61,62)/t30-,36?,37+,38-,39+,40-/m0/s1. The van der Waals surface area contributed by atoms with E-state index >= 15 is 0 Å². The fourth-order valence-electron chi connectivity index (χ4n) is 6.69. The monoisotopic (exact) mass is 876 g/mol. The molecule has 63 heavy (non-hydrogen) atoms. The van der Waals surface area contributed by atoms with E-state index < -0.39 is 72.3 Å². The molecule has 0 aromatic heterocycles. The van der Waals surface area contributed by atoms with Gasteiger partial charge in [-0.25, -0.2) is 4.79 Å². The van der Waals surface area contributed by atoms with Crippen molar-refractivity contribution < 1.29 is 43.8 Å². The molecule has 0 saturated heterocycles. The number of hydrogen-bond donors (Lipinski definition) is 8. The fourth-order valence-corrected chi connectivity index (χ4v) is 7.66. The summed E-state index contributed by atoms with van der Waals surface area (Å²) in [6.45, 7) is 0.457. The summed E-state index contributed by atoms with van der Waals surface area (Å²) in [5.41, 5.74) is 3.84. The van der Waals surface area contributed by atoms with Crippen LogP contribution in [-0.4, -0.2) is 93.7 Å². The van der Waals surface area contributed by atoms with Crippen LogP contribution in [0.4, 0.5) is 5.69 Å². The van der Waals surface area contributed by atoms with E-state index in [1.54, 1.807) is 54.6 Å². The minimum absolute atomic E-state index is 0.0110. The van der Waals surface area contributed by atoms with Gasteiger partial charge < -0.3 is 42.1 Å². The zero-order valence-corrected chi connectivity index (χ0v) is 35.5. The Hall–Kier alpha value is -6.78. The number of carbonyl (C=O) groups is 7. The molecule has 0 aliphatic carbocycles. The summed E-state index contributed by atoms with van der Waals surface area (Å²) in [6.07, 6.45) is 2.49. The summed E-state index contributed by atoms with van der Waals surface area (Å²) >= 11 is 1.52. The Bertz CT molecular complexity index is 2200. The third kappa shape index (κ3) is 15.3. The van der Waals surface area contributed by atoms with Crippen LogP contribution in [0.5, 0.6) is 0 Å². The average Bonchev–Trinajstić information content (AvgIpc) is 3.81. The second-order valence-corrected chi connectivity index (χ2v) is 16.2. The molecule has 1 unspecified atom stereocenters. The van der Waals surface area contributed by atoms with Gasteiger partial charge in [-0.05, 0) is 59.6 Å². The molecule has 8 N–H and O–H groups in total. The zero-order valence-electron chi connectivity index (χ0n) is 34.7. The molecule has 0 bridgehead atoms. The first-order chi connectivity index (χ1) is 30.4. The molecule has 1 aliphatic rings. The number of aliphatic hydroxyl groups is 1. The maximum absolute atomic E-state index is 14.4. The van der Waals surface area contributed by atoms with Crippen LogP contribution < -0.4 is 31.9 Å². The summed E-state index contributed by atoms with van der Waals surface area (Å²) in [5.74, 6) is -5.38. The molecule has 15 nitrogen and oxygen atoms in total. The number of aliphatic hydroxyl groups excluding tert-OH is 1. The van der Waals surface area contributed by atoms with Crippen molar-refractivity contribution in [1.29, 1.82) is 0 Å². The molecule has 0 fully saturated rings. The van der Waals surface area contributed by atoms with E-state index in [4.69, 9.17) is 0 Å². The second-order valence-electron chi connectivity index (χ2n) is 15.0.